The van der Waals surface area contributed by atoms with Crippen LogP contribution in [0.15, 0.2) is 35.2 Å². The van der Waals surface area contributed by atoms with Crippen molar-refractivity contribution in [3.8, 4) is 0 Å². The lowest BCUT2D eigenvalue weighted by Crippen LogP contribution is -2.50. The molecule has 3 rings (SSSR count). The van der Waals surface area contributed by atoms with Crippen molar-refractivity contribution in [1.29, 1.82) is 0 Å². The fourth-order valence-corrected chi connectivity index (χ4v) is 5.34. The number of hydrogen-bond donors (Lipinski definition) is 0. The van der Waals surface area contributed by atoms with E-state index in [0.717, 1.165) is 32.5 Å². The molecule has 1 aromatic rings. The smallest absolute Gasteiger partial charge is 0.243 e. The third-order valence-electron chi connectivity index (χ3n) is 5.40. The predicted octanol–water partition coefficient (Wildman–Crippen LogP) is 2.14. The van der Waals surface area contributed by atoms with Gasteiger partial charge < -0.3 is 9.47 Å². The number of ether oxygens (including phenoxy) is 2. The Balaban J connectivity index is 1.73. The first-order valence-corrected chi connectivity index (χ1v) is 9.64. The van der Waals surface area contributed by atoms with E-state index in [1.165, 1.54) is 0 Å². The number of rotatable bonds is 4. The van der Waals surface area contributed by atoms with Gasteiger partial charge in [0.15, 0.2) is 0 Å². The second-order valence-electron chi connectivity index (χ2n) is 6.56. The maximum Gasteiger partial charge on any atom is 0.243 e. The first-order chi connectivity index (χ1) is 11.1. The Bertz CT molecular complexity index is 607. The lowest BCUT2D eigenvalue weighted by molar-refractivity contribution is -0.0881. The molecule has 2 aliphatic rings. The average molecular weight is 339 g/mol. The van der Waals surface area contributed by atoms with Gasteiger partial charge in [0.25, 0.3) is 0 Å². The van der Waals surface area contributed by atoms with E-state index < -0.39 is 10.0 Å². The lowest BCUT2D eigenvalue weighted by Gasteiger charge is -2.48. The second-order valence-corrected chi connectivity index (χ2v) is 8.49. The summed E-state index contributed by atoms with van der Waals surface area (Å²) in [6.45, 7) is 3.34. The fraction of sp³-hybridized carbons (Fsp3) is 0.647. The van der Waals surface area contributed by atoms with Gasteiger partial charge in [-0.2, -0.15) is 4.31 Å². The molecular weight excluding hydrogens is 314 g/mol. The minimum atomic E-state index is -3.38. The molecule has 2 heterocycles. The summed E-state index contributed by atoms with van der Waals surface area (Å²) >= 11 is 0. The largest absolute Gasteiger partial charge is 0.384 e. The molecule has 0 radical (unpaired) electrons. The van der Waals surface area contributed by atoms with Gasteiger partial charge in [0.05, 0.1) is 18.1 Å². The highest BCUT2D eigenvalue weighted by atomic mass is 32.2. The molecular formula is C17H25NO4S. The summed E-state index contributed by atoms with van der Waals surface area (Å²) in [7, 11) is -1.66. The van der Waals surface area contributed by atoms with Crippen LogP contribution < -0.4 is 0 Å². The molecule has 0 N–H and O–H groups in total. The van der Waals surface area contributed by atoms with Gasteiger partial charge in [0, 0.05) is 32.7 Å². The van der Waals surface area contributed by atoms with Crippen LogP contribution in [0.4, 0.5) is 0 Å². The number of sulfonamides is 1. The monoisotopic (exact) mass is 339 g/mol. The summed E-state index contributed by atoms with van der Waals surface area (Å²) in [6.07, 6.45) is 2.77. The number of nitrogens with zero attached hydrogens (tertiary/aromatic N) is 1. The molecule has 0 saturated carbocycles. The van der Waals surface area contributed by atoms with Crippen LogP contribution in [0.3, 0.4) is 0 Å². The molecule has 1 atom stereocenters. The van der Waals surface area contributed by atoms with Crippen LogP contribution >= 0.6 is 0 Å². The zero-order chi connectivity index (χ0) is 16.3. The van der Waals surface area contributed by atoms with Crippen LogP contribution in [-0.2, 0) is 19.5 Å². The van der Waals surface area contributed by atoms with Gasteiger partial charge in [-0.05, 0) is 36.8 Å². The molecule has 2 fully saturated rings. The summed E-state index contributed by atoms with van der Waals surface area (Å²) in [5, 5.41) is 0. The van der Waals surface area contributed by atoms with Crippen molar-refractivity contribution in [1.82, 2.24) is 4.31 Å². The van der Waals surface area contributed by atoms with E-state index in [9.17, 15) is 8.42 Å². The first-order valence-electron chi connectivity index (χ1n) is 8.20. The Morgan fingerprint density at radius 1 is 1.22 bits per heavy atom. The van der Waals surface area contributed by atoms with Gasteiger partial charge in [0.2, 0.25) is 10.0 Å². The van der Waals surface area contributed by atoms with Crippen molar-refractivity contribution in [3.05, 3.63) is 30.3 Å². The minimum Gasteiger partial charge on any atom is -0.384 e. The molecule has 0 amide bonds. The van der Waals surface area contributed by atoms with E-state index in [1.54, 1.807) is 35.7 Å². The number of hydrogen-bond acceptors (Lipinski definition) is 4. The van der Waals surface area contributed by atoms with Crippen LogP contribution in [-0.4, -0.2) is 52.7 Å². The van der Waals surface area contributed by atoms with E-state index in [-0.39, 0.29) is 5.41 Å². The maximum absolute atomic E-state index is 12.7. The SMILES string of the molecule is COC[C@H]1COCCC12CCN(S(=O)(=O)c1ccccc1)CC2. The zero-order valence-electron chi connectivity index (χ0n) is 13.6. The Kier molecular flexibility index (Phi) is 5.06. The molecule has 0 aliphatic carbocycles. The topological polar surface area (TPSA) is 55.8 Å². The number of methoxy groups -OCH3 is 1. The summed E-state index contributed by atoms with van der Waals surface area (Å²) in [6, 6.07) is 8.71. The second kappa shape index (κ2) is 6.89. The van der Waals surface area contributed by atoms with Gasteiger partial charge in [-0.25, -0.2) is 8.42 Å². The van der Waals surface area contributed by atoms with Crippen LogP contribution in [0.5, 0.6) is 0 Å². The molecule has 6 heteroatoms. The summed E-state index contributed by atoms with van der Waals surface area (Å²) in [5.41, 5.74) is 0.164. The lowest BCUT2D eigenvalue weighted by atomic mass is 9.66. The quantitative estimate of drug-likeness (QED) is 0.843. The van der Waals surface area contributed by atoms with Crippen molar-refractivity contribution in [2.24, 2.45) is 11.3 Å². The average Bonchev–Trinajstić information content (AvgIpc) is 2.59. The summed E-state index contributed by atoms with van der Waals surface area (Å²) in [4.78, 5) is 0.386. The van der Waals surface area contributed by atoms with Gasteiger partial charge in [-0.15, -0.1) is 0 Å². The van der Waals surface area contributed by atoms with Crippen molar-refractivity contribution in [2.45, 2.75) is 24.2 Å². The predicted molar refractivity (Wildman–Crippen MR) is 87.7 cm³/mol. The van der Waals surface area contributed by atoms with Crippen LogP contribution in [0.2, 0.25) is 0 Å². The standard InChI is InChI=1S/C17H25NO4S/c1-21-13-15-14-22-12-9-17(15)7-10-18(11-8-17)23(19,20)16-5-3-2-4-6-16/h2-6,15H,7-14H2,1H3/t15-/m0/s1. The van der Waals surface area contributed by atoms with E-state index in [4.69, 9.17) is 9.47 Å². The molecule has 0 unspecified atom stereocenters. The summed E-state index contributed by atoms with van der Waals surface area (Å²) < 4.78 is 38.1. The number of benzene rings is 1. The van der Waals surface area contributed by atoms with E-state index in [1.807, 2.05) is 6.07 Å². The summed E-state index contributed by atoms with van der Waals surface area (Å²) in [5.74, 6) is 0.364. The fourth-order valence-electron chi connectivity index (χ4n) is 3.88. The molecule has 23 heavy (non-hydrogen) atoms. The van der Waals surface area contributed by atoms with E-state index in [2.05, 4.69) is 0 Å². The van der Waals surface area contributed by atoms with Crippen LogP contribution in [0.25, 0.3) is 0 Å². The van der Waals surface area contributed by atoms with Gasteiger partial charge in [-0.1, -0.05) is 18.2 Å². The molecule has 2 saturated heterocycles. The van der Waals surface area contributed by atoms with E-state index in [0.29, 0.717) is 30.5 Å². The Hall–Kier alpha value is -0.950. The molecule has 128 valence electrons. The minimum absolute atomic E-state index is 0.164. The Morgan fingerprint density at radius 3 is 2.57 bits per heavy atom. The molecule has 1 spiro atoms. The van der Waals surface area contributed by atoms with Crippen molar-refractivity contribution >= 4 is 10.0 Å². The highest BCUT2D eigenvalue weighted by Gasteiger charge is 2.45. The third-order valence-corrected chi connectivity index (χ3v) is 7.31. The molecule has 5 nitrogen and oxygen atoms in total. The van der Waals surface area contributed by atoms with Crippen molar-refractivity contribution < 1.29 is 17.9 Å². The highest BCUT2D eigenvalue weighted by molar-refractivity contribution is 7.89. The Morgan fingerprint density at radius 2 is 1.91 bits per heavy atom. The zero-order valence-corrected chi connectivity index (χ0v) is 14.4. The molecule has 0 bridgehead atoms. The highest BCUT2D eigenvalue weighted by Crippen LogP contribution is 2.45. The maximum atomic E-state index is 12.7. The van der Waals surface area contributed by atoms with E-state index >= 15 is 0 Å². The van der Waals surface area contributed by atoms with Crippen LogP contribution in [0.1, 0.15) is 19.3 Å². The normalized spacial score (nSPS) is 25.5. The van der Waals surface area contributed by atoms with Crippen LogP contribution in [0, 0.1) is 11.3 Å². The Labute approximate surface area is 138 Å². The molecule has 0 aromatic heterocycles. The van der Waals surface area contributed by atoms with Gasteiger partial charge in [0.1, 0.15) is 0 Å². The first kappa shape index (κ1) is 16.9. The number of piperidine rings is 1. The molecule has 2 aliphatic heterocycles. The van der Waals surface area contributed by atoms with Gasteiger partial charge >= 0.3 is 0 Å². The van der Waals surface area contributed by atoms with Gasteiger partial charge in [-0.3, -0.25) is 0 Å². The molecule has 1 aromatic carbocycles. The third kappa shape index (κ3) is 3.31. The van der Waals surface area contributed by atoms with Crippen molar-refractivity contribution in [3.63, 3.8) is 0 Å². The van der Waals surface area contributed by atoms with Crippen molar-refractivity contribution in [2.75, 3.05) is 40.0 Å².